The molecule has 0 fully saturated rings. The van der Waals surface area contributed by atoms with Crippen molar-refractivity contribution in [2.24, 2.45) is 0 Å². The minimum atomic E-state index is 0.308. The molecule has 2 aromatic carbocycles. The summed E-state index contributed by atoms with van der Waals surface area (Å²) in [5.41, 5.74) is 2.76. The van der Waals surface area contributed by atoms with Crippen LogP contribution in [0.15, 0.2) is 42.0 Å². The maximum Gasteiger partial charge on any atom is 0.141 e. The molecule has 0 aliphatic carbocycles. The molecule has 3 heterocycles. The van der Waals surface area contributed by atoms with E-state index >= 15 is 0 Å². The van der Waals surface area contributed by atoms with E-state index in [1.54, 1.807) is 11.3 Å². The Morgan fingerprint density at radius 2 is 1.78 bits per heavy atom. The molecule has 0 aliphatic heterocycles. The Morgan fingerprint density at radius 1 is 1.00 bits per heavy atom. The Labute approximate surface area is 162 Å². The van der Waals surface area contributed by atoms with Gasteiger partial charge in [-0.2, -0.15) is 10.5 Å². The van der Waals surface area contributed by atoms with E-state index in [4.69, 9.17) is 16.6 Å². The number of thiophene rings is 1. The maximum atomic E-state index is 9.46. The van der Waals surface area contributed by atoms with Gasteiger partial charge in [-0.05, 0) is 29.0 Å². The summed E-state index contributed by atoms with van der Waals surface area (Å²) < 4.78 is 1.06. The van der Waals surface area contributed by atoms with Crippen LogP contribution in [0.1, 0.15) is 11.1 Å². The molecular formula is C20H8ClN5S. The lowest BCUT2D eigenvalue weighted by Crippen LogP contribution is -1.93. The molecule has 0 unspecified atom stereocenters. The summed E-state index contributed by atoms with van der Waals surface area (Å²) in [7, 11) is 0. The summed E-state index contributed by atoms with van der Waals surface area (Å²) in [5, 5.41) is 24.7. The number of H-pyrrole nitrogens is 1. The van der Waals surface area contributed by atoms with Crippen molar-refractivity contribution in [1.82, 2.24) is 15.0 Å². The van der Waals surface area contributed by atoms with Crippen molar-refractivity contribution in [3.8, 4) is 23.5 Å². The molecule has 5 nitrogen and oxygen atoms in total. The lowest BCUT2D eigenvalue weighted by Gasteiger charge is -2.02. The van der Waals surface area contributed by atoms with Crippen molar-refractivity contribution in [3.05, 3.63) is 58.2 Å². The maximum absolute atomic E-state index is 9.46. The number of nitrogens with zero attached hydrogens (tertiary/aromatic N) is 4. The highest BCUT2D eigenvalue weighted by Crippen LogP contribution is 2.39. The Kier molecular flexibility index (Phi) is 3.38. The summed E-state index contributed by atoms with van der Waals surface area (Å²) in [4.78, 5) is 12.1. The highest BCUT2D eigenvalue weighted by molar-refractivity contribution is 7.18. The van der Waals surface area contributed by atoms with Gasteiger partial charge in [-0.3, -0.25) is 4.98 Å². The van der Waals surface area contributed by atoms with Gasteiger partial charge in [0.15, 0.2) is 0 Å². The van der Waals surface area contributed by atoms with Crippen LogP contribution in [0.2, 0.25) is 5.02 Å². The van der Waals surface area contributed by atoms with Gasteiger partial charge in [-0.1, -0.05) is 17.7 Å². The normalized spacial score (nSPS) is 11.1. The molecule has 7 heteroatoms. The third kappa shape index (κ3) is 2.22. The molecule has 0 aliphatic rings. The van der Waals surface area contributed by atoms with Crippen LogP contribution in [0, 0.1) is 22.7 Å². The third-order valence-corrected chi connectivity index (χ3v) is 5.71. The van der Waals surface area contributed by atoms with Crippen molar-refractivity contribution in [2.75, 3.05) is 0 Å². The number of fused-ring (bicyclic) bond motifs is 6. The van der Waals surface area contributed by atoms with Gasteiger partial charge in [-0.15, -0.1) is 11.3 Å². The minimum absolute atomic E-state index is 0.308. The predicted molar refractivity (Wildman–Crippen MR) is 107 cm³/mol. The second-order valence-electron chi connectivity index (χ2n) is 6.00. The first-order valence-corrected chi connectivity index (χ1v) is 9.23. The molecule has 0 saturated heterocycles. The van der Waals surface area contributed by atoms with Gasteiger partial charge in [-0.25, -0.2) is 4.98 Å². The minimum Gasteiger partial charge on any atom is -0.337 e. The van der Waals surface area contributed by atoms with Gasteiger partial charge in [0.05, 0.1) is 32.4 Å². The van der Waals surface area contributed by atoms with Gasteiger partial charge >= 0.3 is 0 Å². The van der Waals surface area contributed by atoms with E-state index in [0.29, 0.717) is 27.5 Å². The molecule has 1 N–H and O–H groups in total. The van der Waals surface area contributed by atoms with Crippen molar-refractivity contribution in [1.29, 1.82) is 10.5 Å². The number of benzene rings is 2. The zero-order valence-electron chi connectivity index (χ0n) is 13.6. The Morgan fingerprint density at radius 3 is 2.52 bits per heavy atom. The summed E-state index contributed by atoms with van der Waals surface area (Å²) in [6.07, 6.45) is 2.89. The summed E-state index contributed by atoms with van der Waals surface area (Å²) in [6.45, 7) is 0. The van der Waals surface area contributed by atoms with Gasteiger partial charge in [0.25, 0.3) is 0 Å². The predicted octanol–water partition coefficient (Wildman–Crippen LogP) is 5.39. The molecule has 3 aromatic heterocycles. The monoisotopic (exact) mass is 385 g/mol. The Balaban J connectivity index is 1.96. The molecule has 0 spiro atoms. The van der Waals surface area contributed by atoms with Crippen LogP contribution in [0.5, 0.6) is 0 Å². The van der Waals surface area contributed by atoms with Crippen molar-refractivity contribution >= 4 is 54.8 Å². The number of pyridine rings is 1. The second kappa shape index (κ2) is 5.78. The van der Waals surface area contributed by atoms with E-state index in [-0.39, 0.29) is 0 Å². The highest BCUT2D eigenvalue weighted by atomic mass is 35.5. The third-order valence-electron chi connectivity index (χ3n) is 4.55. The fourth-order valence-electron chi connectivity index (χ4n) is 3.40. The summed E-state index contributed by atoms with van der Waals surface area (Å²) in [5.74, 6) is 0.484. The lowest BCUT2D eigenvalue weighted by atomic mass is 10.1. The molecule has 0 amide bonds. The zero-order chi connectivity index (χ0) is 18.5. The van der Waals surface area contributed by atoms with E-state index < -0.39 is 0 Å². The van der Waals surface area contributed by atoms with E-state index in [0.717, 1.165) is 31.9 Å². The second-order valence-corrected chi connectivity index (χ2v) is 7.35. The van der Waals surface area contributed by atoms with Gasteiger partial charge < -0.3 is 4.98 Å². The van der Waals surface area contributed by atoms with Crippen molar-refractivity contribution < 1.29 is 0 Å². The van der Waals surface area contributed by atoms with Gasteiger partial charge in [0.2, 0.25) is 0 Å². The number of rotatable bonds is 1. The SMILES string of the molecule is N#Cc1cncc(C#N)c1-c1nc2c3ccc(Cl)cc3c3ccsc3c2[nH]1. The Bertz CT molecular complexity index is 1430. The van der Waals surface area contributed by atoms with Crippen LogP contribution in [0.3, 0.4) is 0 Å². The van der Waals surface area contributed by atoms with Crippen molar-refractivity contribution in [2.45, 2.75) is 0 Å². The smallest absolute Gasteiger partial charge is 0.141 e. The summed E-state index contributed by atoms with van der Waals surface area (Å²) >= 11 is 7.82. The van der Waals surface area contributed by atoms with Crippen LogP contribution < -0.4 is 0 Å². The fraction of sp³-hybridized carbons (Fsp3) is 0. The number of nitrogens with one attached hydrogen (secondary N) is 1. The molecule has 0 bridgehead atoms. The molecule has 0 atom stereocenters. The van der Waals surface area contributed by atoms with Gasteiger partial charge in [0, 0.05) is 28.2 Å². The number of halogens is 1. The van der Waals surface area contributed by atoms with E-state index in [9.17, 15) is 10.5 Å². The number of nitriles is 2. The molecular weight excluding hydrogens is 378 g/mol. The van der Waals surface area contributed by atoms with E-state index in [1.165, 1.54) is 12.4 Å². The first-order chi connectivity index (χ1) is 13.2. The average Bonchev–Trinajstić information content (AvgIpc) is 3.34. The number of aromatic nitrogens is 3. The topological polar surface area (TPSA) is 89.2 Å². The van der Waals surface area contributed by atoms with Crippen LogP contribution in [0.4, 0.5) is 0 Å². The summed E-state index contributed by atoms with van der Waals surface area (Å²) in [6, 6.07) is 12.0. The number of hydrogen-bond acceptors (Lipinski definition) is 5. The molecule has 5 rings (SSSR count). The number of imidazole rings is 1. The largest absolute Gasteiger partial charge is 0.337 e. The van der Waals surface area contributed by atoms with Crippen LogP contribution in [0.25, 0.3) is 43.3 Å². The highest BCUT2D eigenvalue weighted by Gasteiger charge is 2.19. The van der Waals surface area contributed by atoms with E-state index in [2.05, 4.69) is 28.2 Å². The van der Waals surface area contributed by atoms with Crippen LogP contribution in [-0.2, 0) is 0 Å². The first kappa shape index (κ1) is 15.8. The lowest BCUT2D eigenvalue weighted by molar-refractivity contribution is 1.24. The number of hydrogen-bond donors (Lipinski definition) is 1. The average molecular weight is 386 g/mol. The Hall–Kier alpha value is -3.45. The first-order valence-electron chi connectivity index (χ1n) is 7.98. The van der Waals surface area contributed by atoms with Gasteiger partial charge in [0.1, 0.15) is 18.0 Å². The molecule has 0 radical (unpaired) electrons. The van der Waals surface area contributed by atoms with E-state index in [1.807, 2.05) is 23.6 Å². The number of aromatic amines is 1. The molecule has 5 aromatic rings. The quantitative estimate of drug-likeness (QED) is 0.419. The molecule has 0 saturated carbocycles. The van der Waals surface area contributed by atoms with Crippen LogP contribution in [-0.4, -0.2) is 15.0 Å². The molecule has 126 valence electrons. The zero-order valence-corrected chi connectivity index (χ0v) is 15.2. The fourth-order valence-corrected chi connectivity index (χ4v) is 4.48. The van der Waals surface area contributed by atoms with Crippen LogP contribution >= 0.6 is 22.9 Å². The standard InChI is InChI=1S/C20H8ClN5S/c21-12-1-2-13-15(5-12)14-3-4-27-19(14)18-17(13)25-20(26-18)16-10(6-22)8-24-9-11(16)7-23/h1-5,8-9H,(H,25,26). The van der Waals surface area contributed by atoms with Crippen molar-refractivity contribution in [3.63, 3.8) is 0 Å². The molecule has 27 heavy (non-hydrogen) atoms.